The molecule has 1 fully saturated rings. The van der Waals surface area contributed by atoms with E-state index in [2.05, 4.69) is 5.32 Å². The number of phenolic OH excluding ortho intramolecular Hbond substituents is 1. The first-order valence-electron chi connectivity index (χ1n) is 8.78. The van der Waals surface area contributed by atoms with Gasteiger partial charge in [0.05, 0.1) is 22.9 Å². The van der Waals surface area contributed by atoms with Crippen LogP contribution in [0.5, 0.6) is 11.5 Å². The Morgan fingerprint density at radius 3 is 2.47 bits per heavy atom. The molecule has 0 radical (unpaired) electrons. The van der Waals surface area contributed by atoms with Crippen LogP contribution in [0.1, 0.15) is 10.4 Å². The van der Waals surface area contributed by atoms with E-state index >= 15 is 0 Å². The Labute approximate surface area is 181 Å². The Bertz CT molecular complexity index is 925. The van der Waals surface area contributed by atoms with Crippen molar-refractivity contribution >= 4 is 34.8 Å². The molecular weight excluding hydrogens is 441 g/mol. The van der Waals surface area contributed by atoms with Crippen molar-refractivity contribution in [2.45, 2.75) is 30.7 Å². The van der Waals surface area contributed by atoms with Crippen molar-refractivity contribution in [1.29, 1.82) is 0 Å². The van der Waals surface area contributed by atoms with Gasteiger partial charge in [0.1, 0.15) is 35.9 Å². The minimum Gasteiger partial charge on any atom is -0.507 e. The highest BCUT2D eigenvalue weighted by molar-refractivity contribution is 6.34. The third-order valence-electron chi connectivity index (χ3n) is 4.49. The molecule has 1 aliphatic rings. The molecule has 0 aliphatic carbocycles. The van der Waals surface area contributed by atoms with Gasteiger partial charge in [-0.3, -0.25) is 4.79 Å². The standard InChI is InChI=1S/C19H19Cl2NO8/c20-8-1-4-13(24)10(5-8)18(28)22-12-3-2-9(6-11(12)21)29-19-17(27)16(26)15(25)14(7-23)30-19/h1-6,14-17,19,23-27H,7H2,(H,22,28)/t14-,15+,16+,17-,19+/m1/s1. The van der Waals surface area contributed by atoms with Gasteiger partial charge in [-0.1, -0.05) is 23.2 Å². The molecule has 1 saturated heterocycles. The molecular formula is C19H19Cl2NO8. The smallest absolute Gasteiger partial charge is 0.259 e. The Hall–Kier alpha value is -2.11. The van der Waals surface area contributed by atoms with Crippen molar-refractivity contribution in [3.05, 3.63) is 52.0 Å². The summed E-state index contributed by atoms with van der Waals surface area (Å²) >= 11 is 12.0. The molecule has 2 aromatic carbocycles. The SMILES string of the molecule is O=C(Nc1ccc(O[C@H]2O[C@H](CO)[C@H](O)[C@H](O)[C@H]2O)cc1Cl)c1cc(Cl)ccc1O. The fraction of sp³-hybridized carbons (Fsp3) is 0.316. The maximum Gasteiger partial charge on any atom is 0.259 e. The van der Waals surface area contributed by atoms with Crippen molar-refractivity contribution in [3.8, 4) is 11.5 Å². The van der Waals surface area contributed by atoms with Crippen LogP contribution < -0.4 is 10.1 Å². The second-order valence-corrected chi connectivity index (χ2v) is 7.42. The maximum atomic E-state index is 12.4. The Kier molecular flexibility index (Phi) is 7.04. The van der Waals surface area contributed by atoms with Gasteiger partial charge >= 0.3 is 0 Å². The molecule has 3 rings (SSSR count). The average Bonchev–Trinajstić information content (AvgIpc) is 2.72. The molecule has 1 aliphatic heterocycles. The third-order valence-corrected chi connectivity index (χ3v) is 5.04. The van der Waals surface area contributed by atoms with Gasteiger partial charge in [0.2, 0.25) is 6.29 Å². The summed E-state index contributed by atoms with van der Waals surface area (Å²) in [6.45, 7) is -0.590. The Morgan fingerprint density at radius 1 is 1.07 bits per heavy atom. The topological polar surface area (TPSA) is 149 Å². The van der Waals surface area contributed by atoms with Crippen molar-refractivity contribution in [2.75, 3.05) is 11.9 Å². The van der Waals surface area contributed by atoms with Crippen LogP contribution in [0.2, 0.25) is 10.0 Å². The summed E-state index contributed by atoms with van der Waals surface area (Å²) in [7, 11) is 0. The second kappa shape index (κ2) is 9.36. The number of phenols is 1. The quantitative estimate of drug-likeness (QED) is 0.389. The summed E-state index contributed by atoms with van der Waals surface area (Å²) in [5, 5.41) is 51.6. The first kappa shape index (κ1) is 22.6. The van der Waals surface area contributed by atoms with Gasteiger partial charge in [-0.05, 0) is 30.3 Å². The molecule has 0 saturated carbocycles. The molecule has 0 spiro atoms. The van der Waals surface area contributed by atoms with Crippen LogP contribution in [0.25, 0.3) is 0 Å². The van der Waals surface area contributed by atoms with Gasteiger partial charge < -0.3 is 40.3 Å². The van der Waals surface area contributed by atoms with Crippen LogP contribution >= 0.6 is 23.2 Å². The van der Waals surface area contributed by atoms with Crippen molar-refractivity contribution in [1.82, 2.24) is 0 Å². The lowest BCUT2D eigenvalue weighted by atomic mass is 9.99. The molecule has 1 amide bonds. The number of carbonyl (C=O) groups excluding carboxylic acids is 1. The van der Waals surface area contributed by atoms with Crippen LogP contribution in [0.3, 0.4) is 0 Å². The van der Waals surface area contributed by atoms with E-state index in [1.807, 2.05) is 0 Å². The second-order valence-electron chi connectivity index (χ2n) is 6.57. The van der Waals surface area contributed by atoms with Crippen LogP contribution in [0.4, 0.5) is 5.69 Å². The van der Waals surface area contributed by atoms with Gasteiger partial charge in [0.15, 0.2) is 0 Å². The third kappa shape index (κ3) is 4.79. The molecule has 0 aromatic heterocycles. The average molecular weight is 460 g/mol. The molecule has 11 heteroatoms. The number of aromatic hydroxyl groups is 1. The molecule has 162 valence electrons. The summed E-state index contributed by atoms with van der Waals surface area (Å²) in [6, 6.07) is 8.19. The predicted octanol–water partition coefficient (Wildman–Crippen LogP) is 1.13. The van der Waals surface area contributed by atoms with E-state index in [1.165, 1.54) is 36.4 Å². The van der Waals surface area contributed by atoms with Gasteiger partial charge in [-0.15, -0.1) is 0 Å². The number of hydrogen-bond donors (Lipinski definition) is 6. The van der Waals surface area contributed by atoms with E-state index in [9.17, 15) is 30.3 Å². The lowest BCUT2D eigenvalue weighted by Gasteiger charge is -2.39. The highest BCUT2D eigenvalue weighted by Crippen LogP contribution is 2.31. The highest BCUT2D eigenvalue weighted by Gasteiger charge is 2.44. The van der Waals surface area contributed by atoms with Gasteiger partial charge in [-0.25, -0.2) is 0 Å². The van der Waals surface area contributed by atoms with Gasteiger partial charge in [-0.2, -0.15) is 0 Å². The summed E-state index contributed by atoms with van der Waals surface area (Å²) < 4.78 is 10.7. The number of aliphatic hydroxyl groups excluding tert-OH is 4. The Morgan fingerprint density at radius 2 is 1.80 bits per heavy atom. The van der Waals surface area contributed by atoms with E-state index in [0.717, 1.165) is 0 Å². The zero-order chi connectivity index (χ0) is 22.0. The molecule has 2 aromatic rings. The summed E-state index contributed by atoms with van der Waals surface area (Å²) in [5.74, 6) is -0.761. The van der Waals surface area contributed by atoms with E-state index < -0.39 is 43.2 Å². The van der Waals surface area contributed by atoms with E-state index in [-0.39, 0.29) is 32.8 Å². The van der Waals surface area contributed by atoms with Crippen LogP contribution in [-0.4, -0.2) is 68.8 Å². The lowest BCUT2D eigenvalue weighted by Crippen LogP contribution is -2.60. The van der Waals surface area contributed by atoms with Crippen molar-refractivity contribution in [2.24, 2.45) is 0 Å². The first-order chi connectivity index (χ1) is 14.2. The largest absolute Gasteiger partial charge is 0.507 e. The number of nitrogens with one attached hydrogen (secondary N) is 1. The molecule has 30 heavy (non-hydrogen) atoms. The molecule has 9 nitrogen and oxygen atoms in total. The molecule has 5 atom stereocenters. The predicted molar refractivity (Wildman–Crippen MR) is 107 cm³/mol. The lowest BCUT2D eigenvalue weighted by molar-refractivity contribution is -0.277. The van der Waals surface area contributed by atoms with E-state index in [4.69, 9.17) is 32.7 Å². The molecule has 0 bridgehead atoms. The number of hydrogen-bond acceptors (Lipinski definition) is 8. The molecule has 0 unspecified atom stereocenters. The summed E-state index contributed by atoms with van der Waals surface area (Å²) in [4.78, 5) is 12.4. The van der Waals surface area contributed by atoms with Crippen molar-refractivity contribution < 1.29 is 39.8 Å². The number of ether oxygens (including phenoxy) is 2. The minimum absolute atomic E-state index is 0.0415. The fourth-order valence-corrected chi connectivity index (χ4v) is 3.24. The number of amides is 1. The monoisotopic (exact) mass is 459 g/mol. The van der Waals surface area contributed by atoms with Gasteiger partial charge in [0, 0.05) is 11.1 Å². The highest BCUT2D eigenvalue weighted by atomic mass is 35.5. The molecule has 1 heterocycles. The van der Waals surface area contributed by atoms with Crippen LogP contribution in [-0.2, 0) is 4.74 Å². The summed E-state index contributed by atoms with van der Waals surface area (Å²) in [5.41, 5.74) is 0.169. The number of rotatable bonds is 5. The zero-order valence-corrected chi connectivity index (χ0v) is 16.8. The number of carbonyl (C=O) groups is 1. The maximum absolute atomic E-state index is 12.4. The normalized spacial score (nSPS) is 26.3. The number of aliphatic hydroxyl groups is 4. The van der Waals surface area contributed by atoms with E-state index in [0.29, 0.717) is 0 Å². The van der Waals surface area contributed by atoms with Crippen molar-refractivity contribution in [3.63, 3.8) is 0 Å². The van der Waals surface area contributed by atoms with Gasteiger partial charge in [0.25, 0.3) is 5.91 Å². The van der Waals surface area contributed by atoms with Crippen LogP contribution in [0.15, 0.2) is 36.4 Å². The number of anilines is 1. The van der Waals surface area contributed by atoms with Crippen LogP contribution in [0, 0.1) is 0 Å². The molecule has 6 N–H and O–H groups in total. The fourth-order valence-electron chi connectivity index (χ4n) is 2.85. The Balaban J connectivity index is 1.72. The first-order valence-corrected chi connectivity index (χ1v) is 9.53. The number of halogens is 2. The number of benzene rings is 2. The minimum atomic E-state index is -1.58. The zero-order valence-electron chi connectivity index (χ0n) is 15.3. The van der Waals surface area contributed by atoms with E-state index in [1.54, 1.807) is 0 Å². The summed E-state index contributed by atoms with van der Waals surface area (Å²) in [6.07, 6.45) is -7.16.